The number of hydrogen-bond acceptors (Lipinski definition) is 0. The van der Waals surface area contributed by atoms with Crippen molar-refractivity contribution in [3.05, 3.63) is 35.9 Å². The van der Waals surface area contributed by atoms with E-state index < -0.39 is 0 Å². The molecular formula is C25H43O. The van der Waals surface area contributed by atoms with Gasteiger partial charge in [-0.25, -0.2) is 5.11 Å². The smallest absolute Gasteiger partial charge is 0.0822 e. The van der Waals surface area contributed by atoms with Crippen molar-refractivity contribution in [3.8, 4) is 0 Å². The maximum Gasteiger partial charge on any atom is 0.0822 e. The normalized spacial score (nSPS) is 11.1. The van der Waals surface area contributed by atoms with E-state index in [-0.39, 0.29) is 6.61 Å². The van der Waals surface area contributed by atoms with Crippen LogP contribution in [0.25, 0.3) is 0 Å². The third-order valence-electron chi connectivity index (χ3n) is 5.45. The lowest BCUT2D eigenvalue weighted by atomic mass is 10.0. The van der Waals surface area contributed by atoms with Crippen LogP contribution in [0.5, 0.6) is 0 Å². The van der Waals surface area contributed by atoms with Gasteiger partial charge in [-0.2, -0.15) is 0 Å². The summed E-state index contributed by atoms with van der Waals surface area (Å²) in [6.07, 6.45) is 24.3. The van der Waals surface area contributed by atoms with Crippen LogP contribution < -0.4 is 0 Å². The molecule has 0 amide bonds. The predicted octanol–water partition coefficient (Wildman–Crippen LogP) is 8.29. The Bertz CT molecular complexity index is 373. The summed E-state index contributed by atoms with van der Waals surface area (Å²) >= 11 is 0. The molecule has 1 radical (unpaired) electrons. The van der Waals surface area contributed by atoms with Crippen molar-refractivity contribution in [1.82, 2.24) is 0 Å². The average Bonchev–Trinajstić information content (AvgIpc) is 2.68. The molecule has 0 aliphatic rings. The number of hydrogen-bond donors (Lipinski definition) is 0. The highest BCUT2D eigenvalue weighted by molar-refractivity contribution is 5.14. The lowest BCUT2D eigenvalue weighted by Crippen LogP contribution is -1.86. The van der Waals surface area contributed by atoms with E-state index in [1.807, 2.05) is 0 Å². The van der Waals surface area contributed by atoms with Crippen LogP contribution >= 0.6 is 0 Å². The Kier molecular flexibility index (Phi) is 16.9. The molecule has 149 valence electrons. The van der Waals surface area contributed by atoms with Crippen molar-refractivity contribution < 1.29 is 5.11 Å². The molecule has 1 heteroatoms. The van der Waals surface area contributed by atoms with Crippen molar-refractivity contribution in [3.63, 3.8) is 0 Å². The molecule has 0 aromatic heterocycles. The molecule has 0 unspecified atom stereocenters. The summed E-state index contributed by atoms with van der Waals surface area (Å²) in [5.74, 6) is 0. The van der Waals surface area contributed by atoms with Gasteiger partial charge in [0.25, 0.3) is 0 Å². The summed E-state index contributed by atoms with van der Waals surface area (Å²) < 4.78 is 0. The average molecular weight is 360 g/mol. The molecule has 0 aliphatic carbocycles. The summed E-state index contributed by atoms with van der Waals surface area (Å²) in [7, 11) is 0. The number of unbranched alkanes of at least 4 members (excludes halogenated alkanes) is 16. The molecule has 1 rings (SSSR count). The van der Waals surface area contributed by atoms with E-state index in [0.29, 0.717) is 0 Å². The van der Waals surface area contributed by atoms with E-state index in [0.717, 1.165) is 12.8 Å². The molecule has 0 saturated carbocycles. The molecule has 0 N–H and O–H groups in total. The van der Waals surface area contributed by atoms with Gasteiger partial charge in [-0.3, -0.25) is 0 Å². The monoisotopic (exact) mass is 359 g/mol. The summed E-state index contributed by atoms with van der Waals surface area (Å²) in [4.78, 5) is 0. The minimum atomic E-state index is 0.119. The highest BCUT2D eigenvalue weighted by Crippen LogP contribution is 2.14. The van der Waals surface area contributed by atoms with Crippen LogP contribution in [-0.2, 0) is 11.5 Å². The minimum absolute atomic E-state index is 0.119. The lowest BCUT2D eigenvalue weighted by molar-refractivity contribution is 0.186. The fraction of sp³-hybridized carbons (Fsp3) is 0.760. The Morgan fingerprint density at radius 2 is 0.769 bits per heavy atom. The van der Waals surface area contributed by atoms with Gasteiger partial charge in [-0.1, -0.05) is 127 Å². The molecule has 1 aromatic carbocycles. The highest BCUT2D eigenvalue weighted by atomic mass is 16.2. The first-order valence-corrected chi connectivity index (χ1v) is 11.6. The van der Waals surface area contributed by atoms with Crippen LogP contribution in [0.3, 0.4) is 0 Å². The molecule has 0 saturated heterocycles. The van der Waals surface area contributed by atoms with E-state index >= 15 is 0 Å². The number of aryl methyl sites for hydroxylation is 1. The molecule has 0 spiro atoms. The van der Waals surface area contributed by atoms with E-state index in [4.69, 9.17) is 0 Å². The van der Waals surface area contributed by atoms with Crippen LogP contribution in [0.1, 0.15) is 115 Å². The van der Waals surface area contributed by atoms with Crippen LogP contribution in [-0.4, -0.2) is 6.61 Å². The van der Waals surface area contributed by atoms with Gasteiger partial charge in [0.05, 0.1) is 6.61 Å². The van der Waals surface area contributed by atoms with E-state index in [1.165, 1.54) is 108 Å². The highest BCUT2D eigenvalue weighted by Gasteiger charge is 1.96. The zero-order valence-electron chi connectivity index (χ0n) is 17.2. The van der Waals surface area contributed by atoms with Crippen molar-refractivity contribution in [2.24, 2.45) is 0 Å². The Morgan fingerprint density at radius 3 is 1.15 bits per heavy atom. The topological polar surface area (TPSA) is 19.9 Å². The molecule has 0 heterocycles. The first-order valence-electron chi connectivity index (χ1n) is 11.6. The maximum absolute atomic E-state index is 10.3. The van der Waals surface area contributed by atoms with E-state index in [1.54, 1.807) is 0 Å². The van der Waals surface area contributed by atoms with Crippen LogP contribution in [0.4, 0.5) is 0 Å². The Balaban J connectivity index is 1.68. The van der Waals surface area contributed by atoms with Crippen LogP contribution in [0, 0.1) is 0 Å². The predicted molar refractivity (Wildman–Crippen MR) is 114 cm³/mol. The van der Waals surface area contributed by atoms with Crippen LogP contribution in [0.15, 0.2) is 30.3 Å². The summed E-state index contributed by atoms with van der Waals surface area (Å²) in [5.41, 5.74) is 1.49. The fourth-order valence-corrected chi connectivity index (χ4v) is 3.73. The molecule has 0 atom stereocenters. The van der Waals surface area contributed by atoms with Gasteiger partial charge < -0.3 is 0 Å². The lowest BCUT2D eigenvalue weighted by Gasteiger charge is -2.04. The standard InChI is InChI=1S/C25H43O/c26-24-20-15-13-11-9-7-5-3-1-2-4-6-8-10-12-14-17-21-25-22-18-16-19-23-25/h16,18-19,22-23H,1-15,17,20-21,24H2. The minimum Gasteiger partial charge on any atom is -0.237 e. The van der Waals surface area contributed by atoms with E-state index in [9.17, 15) is 5.11 Å². The third-order valence-corrected chi connectivity index (χ3v) is 5.45. The summed E-state index contributed by atoms with van der Waals surface area (Å²) in [5, 5.41) is 10.3. The summed E-state index contributed by atoms with van der Waals surface area (Å²) in [6.45, 7) is 0.119. The number of rotatable bonds is 19. The van der Waals surface area contributed by atoms with Gasteiger partial charge >= 0.3 is 0 Å². The van der Waals surface area contributed by atoms with Crippen molar-refractivity contribution in [1.29, 1.82) is 0 Å². The number of benzene rings is 1. The largest absolute Gasteiger partial charge is 0.237 e. The zero-order valence-corrected chi connectivity index (χ0v) is 17.2. The molecule has 0 bridgehead atoms. The molecule has 1 aromatic rings. The van der Waals surface area contributed by atoms with Crippen molar-refractivity contribution in [2.45, 2.75) is 116 Å². The van der Waals surface area contributed by atoms with Gasteiger partial charge in [-0.15, -0.1) is 0 Å². The third kappa shape index (κ3) is 15.4. The molecule has 0 fully saturated rings. The van der Waals surface area contributed by atoms with Gasteiger partial charge in [0.1, 0.15) is 0 Å². The summed E-state index contributed by atoms with van der Waals surface area (Å²) in [6, 6.07) is 10.9. The first-order chi connectivity index (χ1) is 12.9. The molecule has 26 heavy (non-hydrogen) atoms. The quantitative estimate of drug-likeness (QED) is 0.221. The Labute approximate surface area is 163 Å². The zero-order chi connectivity index (χ0) is 18.5. The molecule has 1 nitrogen and oxygen atoms in total. The van der Waals surface area contributed by atoms with E-state index in [2.05, 4.69) is 30.3 Å². The SMILES string of the molecule is [O]CCCCCCCCCCCCCCCCCCCc1ccccc1. The van der Waals surface area contributed by atoms with Gasteiger partial charge in [0.2, 0.25) is 0 Å². The van der Waals surface area contributed by atoms with Crippen LogP contribution in [0.2, 0.25) is 0 Å². The van der Waals surface area contributed by atoms with Gasteiger partial charge in [0.15, 0.2) is 0 Å². The first kappa shape index (κ1) is 23.2. The second kappa shape index (κ2) is 19.0. The second-order valence-electron chi connectivity index (χ2n) is 7.95. The van der Waals surface area contributed by atoms with Crippen molar-refractivity contribution in [2.75, 3.05) is 6.61 Å². The molecular weight excluding hydrogens is 316 g/mol. The Hall–Kier alpha value is -0.820. The van der Waals surface area contributed by atoms with Gasteiger partial charge in [0, 0.05) is 0 Å². The Morgan fingerprint density at radius 1 is 0.423 bits per heavy atom. The molecule has 0 aliphatic heterocycles. The second-order valence-corrected chi connectivity index (χ2v) is 7.95. The fourth-order valence-electron chi connectivity index (χ4n) is 3.73. The van der Waals surface area contributed by atoms with Crippen molar-refractivity contribution >= 4 is 0 Å². The van der Waals surface area contributed by atoms with Gasteiger partial charge in [-0.05, 0) is 24.8 Å². The maximum atomic E-state index is 10.3.